The van der Waals surface area contributed by atoms with E-state index in [1.54, 1.807) is 0 Å². The molecule has 1 aromatic carbocycles. The molecule has 1 aliphatic carbocycles. The first-order valence-electron chi connectivity index (χ1n) is 7.68. The van der Waals surface area contributed by atoms with Crippen molar-refractivity contribution in [3.63, 3.8) is 0 Å². The Bertz CT molecular complexity index is 369. The summed E-state index contributed by atoms with van der Waals surface area (Å²) >= 11 is 0. The second-order valence-corrected chi connectivity index (χ2v) is 6.08. The standard InChI is InChI=1S/C17H28N2/c1-4-14-6-5-7-16(12-14)18-13-15-8-10-17(11-9-15)19(2)3/h8-11,14,16,18H,4-7,12-13H2,1-3H3. The summed E-state index contributed by atoms with van der Waals surface area (Å²) in [4.78, 5) is 2.14. The molecule has 106 valence electrons. The van der Waals surface area contributed by atoms with Gasteiger partial charge in [0.2, 0.25) is 0 Å². The van der Waals surface area contributed by atoms with Crippen LogP contribution in [-0.4, -0.2) is 20.1 Å². The third-order valence-corrected chi connectivity index (χ3v) is 4.41. The Morgan fingerprint density at radius 3 is 2.53 bits per heavy atom. The molecule has 1 aliphatic rings. The van der Waals surface area contributed by atoms with Crippen LogP contribution in [0.25, 0.3) is 0 Å². The van der Waals surface area contributed by atoms with Crippen molar-refractivity contribution in [2.75, 3.05) is 19.0 Å². The first-order chi connectivity index (χ1) is 9.19. The van der Waals surface area contributed by atoms with Crippen LogP contribution < -0.4 is 10.2 Å². The van der Waals surface area contributed by atoms with E-state index in [1.165, 1.54) is 43.4 Å². The number of hydrogen-bond donors (Lipinski definition) is 1. The Kier molecular flexibility index (Phi) is 5.26. The second-order valence-electron chi connectivity index (χ2n) is 6.08. The van der Waals surface area contributed by atoms with E-state index in [0.717, 1.165) is 18.5 Å². The lowest BCUT2D eigenvalue weighted by Crippen LogP contribution is -2.33. The van der Waals surface area contributed by atoms with Gasteiger partial charge in [0.05, 0.1) is 0 Å². The largest absolute Gasteiger partial charge is 0.378 e. The van der Waals surface area contributed by atoms with Crippen molar-refractivity contribution in [2.45, 2.75) is 51.6 Å². The molecule has 1 saturated carbocycles. The Hall–Kier alpha value is -1.02. The fourth-order valence-electron chi connectivity index (χ4n) is 3.02. The highest BCUT2D eigenvalue weighted by Gasteiger charge is 2.19. The summed E-state index contributed by atoms with van der Waals surface area (Å²) in [5, 5.41) is 3.74. The SMILES string of the molecule is CCC1CCCC(NCc2ccc(N(C)C)cc2)C1. The number of anilines is 1. The normalized spacial score (nSPS) is 23.3. The number of hydrogen-bond acceptors (Lipinski definition) is 2. The monoisotopic (exact) mass is 260 g/mol. The average Bonchev–Trinajstić information content (AvgIpc) is 2.46. The van der Waals surface area contributed by atoms with Gasteiger partial charge in [-0.1, -0.05) is 38.3 Å². The first kappa shape index (κ1) is 14.4. The van der Waals surface area contributed by atoms with E-state index in [1.807, 2.05) is 0 Å². The van der Waals surface area contributed by atoms with Crippen LogP contribution >= 0.6 is 0 Å². The number of benzene rings is 1. The van der Waals surface area contributed by atoms with Crippen LogP contribution in [-0.2, 0) is 6.54 Å². The van der Waals surface area contributed by atoms with Crippen molar-refractivity contribution in [1.82, 2.24) is 5.32 Å². The fraction of sp³-hybridized carbons (Fsp3) is 0.647. The predicted octanol–water partition coefficient (Wildman–Crippen LogP) is 3.81. The maximum Gasteiger partial charge on any atom is 0.0361 e. The summed E-state index contributed by atoms with van der Waals surface area (Å²) in [6.07, 6.45) is 6.90. The molecule has 1 aromatic rings. The van der Waals surface area contributed by atoms with E-state index in [2.05, 4.69) is 55.5 Å². The molecule has 0 aliphatic heterocycles. The summed E-state index contributed by atoms with van der Waals surface area (Å²) in [6.45, 7) is 3.34. The number of nitrogens with one attached hydrogen (secondary N) is 1. The third-order valence-electron chi connectivity index (χ3n) is 4.41. The van der Waals surface area contributed by atoms with Crippen LogP contribution in [0.5, 0.6) is 0 Å². The molecule has 0 amide bonds. The summed E-state index contributed by atoms with van der Waals surface area (Å²) in [5.41, 5.74) is 2.66. The van der Waals surface area contributed by atoms with E-state index in [4.69, 9.17) is 0 Å². The van der Waals surface area contributed by atoms with Gasteiger partial charge in [-0.15, -0.1) is 0 Å². The lowest BCUT2D eigenvalue weighted by atomic mass is 9.84. The minimum absolute atomic E-state index is 0.729. The summed E-state index contributed by atoms with van der Waals surface area (Å²) in [5.74, 6) is 0.947. The maximum atomic E-state index is 3.74. The van der Waals surface area contributed by atoms with Crippen LogP contribution in [0.15, 0.2) is 24.3 Å². The fourth-order valence-corrected chi connectivity index (χ4v) is 3.02. The molecule has 2 rings (SSSR count). The molecule has 2 atom stereocenters. The lowest BCUT2D eigenvalue weighted by Gasteiger charge is -2.29. The van der Waals surface area contributed by atoms with Crippen LogP contribution in [0.2, 0.25) is 0 Å². The van der Waals surface area contributed by atoms with Gasteiger partial charge < -0.3 is 10.2 Å². The molecule has 2 nitrogen and oxygen atoms in total. The molecule has 1 fully saturated rings. The molecule has 2 heteroatoms. The van der Waals surface area contributed by atoms with Gasteiger partial charge in [0, 0.05) is 32.4 Å². The maximum absolute atomic E-state index is 3.74. The van der Waals surface area contributed by atoms with Crippen molar-refractivity contribution in [1.29, 1.82) is 0 Å². The van der Waals surface area contributed by atoms with E-state index < -0.39 is 0 Å². The van der Waals surface area contributed by atoms with Gasteiger partial charge in [-0.05, 0) is 36.5 Å². The van der Waals surface area contributed by atoms with Crippen LogP contribution in [0.4, 0.5) is 5.69 Å². The van der Waals surface area contributed by atoms with Gasteiger partial charge >= 0.3 is 0 Å². The van der Waals surface area contributed by atoms with Gasteiger partial charge in [-0.3, -0.25) is 0 Å². The Labute approximate surface area is 118 Å². The summed E-state index contributed by atoms with van der Waals surface area (Å²) < 4.78 is 0. The molecule has 19 heavy (non-hydrogen) atoms. The highest BCUT2D eigenvalue weighted by atomic mass is 15.1. The minimum atomic E-state index is 0.729. The highest BCUT2D eigenvalue weighted by molar-refractivity contribution is 5.45. The van der Waals surface area contributed by atoms with Gasteiger partial charge in [-0.2, -0.15) is 0 Å². The highest BCUT2D eigenvalue weighted by Crippen LogP contribution is 2.26. The van der Waals surface area contributed by atoms with Crippen LogP contribution in [0.3, 0.4) is 0 Å². The lowest BCUT2D eigenvalue weighted by molar-refractivity contribution is 0.278. The van der Waals surface area contributed by atoms with E-state index in [-0.39, 0.29) is 0 Å². The van der Waals surface area contributed by atoms with E-state index in [9.17, 15) is 0 Å². The van der Waals surface area contributed by atoms with Crippen molar-refractivity contribution in [2.24, 2.45) is 5.92 Å². The van der Waals surface area contributed by atoms with Gasteiger partial charge in [0.1, 0.15) is 0 Å². The average molecular weight is 260 g/mol. The zero-order valence-corrected chi connectivity index (χ0v) is 12.7. The Morgan fingerprint density at radius 1 is 1.16 bits per heavy atom. The molecule has 0 radical (unpaired) electrons. The molecule has 0 bridgehead atoms. The molecule has 1 N–H and O–H groups in total. The first-order valence-corrected chi connectivity index (χ1v) is 7.68. The Morgan fingerprint density at radius 2 is 1.89 bits per heavy atom. The van der Waals surface area contributed by atoms with Crippen LogP contribution in [0.1, 0.15) is 44.6 Å². The molecule has 0 heterocycles. The summed E-state index contributed by atoms with van der Waals surface area (Å²) in [6, 6.07) is 9.61. The zero-order chi connectivity index (χ0) is 13.7. The molecular weight excluding hydrogens is 232 g/mol. The summed E-state index contributed by atoms with van der Waals surface area (Å²) in [7, 11) is 4.17. The molecule has 2 unspecified atom stereocenters. The second kappa shape index (κ2) is 6.95. The number of rotatable bonds is 5. The quantitative estimate of drug-likeness (QED) is 0.866. The van der Waals surface area contributed by atoms with E-state index in [0.29, 0.717) is 0 Å². The van der Waals surface area contributed by atoms with Crippen molar-refractivity contribution in [3.8, 4) is 0 Å². The third kappa shape index (κ3) is 4.24. The van der Waals surface area contributed by atoms with Crippen molar-refractivity contribution >= 4 is 5.69 Å². The van der Waals surface area contributed by atoms with E-state index >= 15 is 0 Å². The van der Waals surface area contributed by atoms with Gasteiger partial charge in [0.15, 0.2) is 0 Å². The zero-order valence-electron chi connectivity index (χ0n) is 12.7. The Balaban J connectivity index is 1.81. The van der Waals surface area contributed by atoms with Gasteiger partial charge in [0.25, 0.3) is 0 Å². The number of nitrogens with zero attached hydrogens (tertiary/aromatic N) is 1. The predicted molar refractivity (Wildman–Crippen MR) is 83.6 cm³/mol. The van der Waals surface area contributed by atoms with Crippen LogP contribution in [0, 0.1) is 5.92 Å². The topological polar surface area (TPSA) is 15.3 Å². The molecule has 0 aromatic heterocycles. The van der Waals surface area contributed by atoms with Crippen molar-refractivity contribution in [3.05, 3.63) is 29.8 Å². The molecule has 0 spiro atoms. The van der Waals surface area contributed by atoms with Crippen molar-refractivity contribution < 1.29 is 0 Å². The molecular formula is C17H28N2. The van der Waals surface area contributed by atoms with Gasteiger partial charge in [-0.25, -0.2) is 0 Å². The minimum Gasteiger partial charge on any atom is -0.378 e. The molecule has 0 saturated heterocycles. The smallest absolute Gasteiger partial charge is 0.0361 e.